The second kappa shape index (κ2) is 4.47. The van der Waals surface area contributed by atoms with E-state index in [-0.39, 0.29) is 0 Å². The summed E-state index contributed by atoms with van der Waals surface area (Å²) in [5.74, 6) is 1.04. The number of hydrogen-bond donors (Lipinski definition) is 1. The molecular weight excluding hydrogens is 260 g/mol. The van der Waals surface area contributed by atoms with Gasteiger partial charge in [-0.3, -0.25) is 0 Å². The van der Waals surface area contributed by atoms with Gasteiger partial charge in [0.05, 0.1) is 6.20 Å². The maximum absolute atomic E-state index is 5.60. The summed E-state index contributed by atoms with van der Waals surface area (Å²) in [4.78, 5) is 9.16. The zero-order valence-corrected chi connectivity index (χ0v) is 11.4. The third kappa shape index (κ3) is 2.22. The van der Waals surface area contributed by atoms with Gasteiger partial charge in [0.25, 0.3) is 5.89 Å². The molecule has 2 N–H and O–H groups in total. The first kappa shape index (κ1) is 11.9. The van der Waals surface area contributed by atoms with Gasteiger partial charge < -0.3 is 10.3 Å². The van der Waals surface area contributed by atoms with Crippen molar-refractivity contribution in [3.05, 3.63) is 35.5 Å². The van der Waals surface area contributed by atoms with Crippen molar-refractivity contribution >= 4 is 16.5 Å². The van der Waals surface area contributed by atoms with Gasteiger partial charge in [-0.25, -0.2) is 4.98 Å². The molecule has 3 rings (SSSR count). The molecule has 0 aliphatic heterocycles. The van der Waals surface area contributed by atoms with E-state index in [4.69, 9.17) is 10.3 Å². The Kier molecular flexibility index (Phi) is 2.79. The minimum Gasteiger partial charge on any atom is -0.375 e. The fraction of sp³-hybridized carbons (Fsp3) is 0.154. The molecular formula is C13H12N4OS. The molecule has 19 heavy (non-hydrogen) atoms. The molecule has 0 aliphatic rings. The van der Waals surface area contributed by atoms with E-state index in [1.165, 1.54) is 11.3 Å². The number of aryl methyl sites for hydroxylation is 2. The fourth-order valence-electron chi connectivity index (χ4n) is 1.80. The summed E-state index contributed by atoms with van der Waals surface area (Å²) in [6.07, 6.45) is 1.64. The third-order valence-electron chi connectivity index (χ3n) is 2.79. The second-order valence-electron chi connectivity index (χ2n) is 4.30. The molecule has 0 atom stereocenters. The highest BCUT2D eigenvalue weighted by Gasteiger charge is 2.14. The zero-order valence-electron chi connectivity index (χ0n) is 10.5. The Hall–Kier alpha value is -2.21. The number of nitrogens with zero attached hydrogens (tertiary/aromatic N) is 3. The predicted molar refractivity (Wildman–Crippen MR) is 74.7 cm³/mol. The van der Waals surface area contributed by atoms with Crippen molar-refractivity contribution in [2.24, 2.45) is 0 Å². The van der Waals surface area contributed by atoms with Crippen molar-refractivity contribution in [2.45, 2.75) is 13.8 Å². The van der Waals surface area contributed by atoms with E-state index < -0.39 is 0 Å². The molecule has 0 saturated carbocycles. The van der Waals surface area contributed by atoms with Crippen LogP contribution in [0.25, 0.3) is 22.2 Å². The Bertz CT molecular complexity index is 732. The summed E-state index contributed by atoms with van der Waals surface area (Å²) < 4.78 is 5.27. The molecule has 0 fully saturated rings. The monoisotopic (exact) mass is 272 g/mol. The molecule has 2 aromatic heterocycles. The number of benzene rings is 1. The van der Waals surface area contributed by atoms with Crippen LogP contribution in [0.15, 0.2) is 28.9 Å². The lowest BCUT2D eigenvalue weighted by molar-refractivity contribution is 0.433. The zero-order chi connectivity index (χ0) is 13.4. The smallest absolute Gasteiger partial charge is 0.270 e. The number of rotatable bonds is 2. The summed E-state index contributed by atoms with van der Waals surface area (Å²) in [7, 11) is 0. The van der Waals surface area contributed by atoms with Crippen molar-refractivity contribution in [2.75, 3.05) is 5.73 Å². The lowest BCUT2D eigenvalue weighted by atomic mass is 10.1. The minimum absolute atomic E-state index is 0.449. The average molecular weight is 272 g/mol. The largest absolute Gasteiger partial charge is 0.375 e. The molecule has 0 aliphatic carbocycles. The van der Waals surface area contributed by atoms with E-state index in [9.17, 15) is 0 Å². The molecule has 2 heterocycles. The van der Waals surface area contributed by atoms with Crippen LogP contribution in [0.3, 0.4) is 0 Å². The molecule has 1 aromatic carbocycles. The highest BCUT2D eigenvalue weighted by molar-refractivity contribution is 7.18. The summed E-state index contributed by atoms with van der Waals surface area (Å²) in [6, 6.07) is 6.15. The third-order valence-corrected chi connectivity index (χ3v) is 3.61. The van der Waals surface area contributed by atoms with Gasteiger partial charge >= 0.3 is 0 Å². The Morgan fingerprint density at radius 3 is 2.84 bits per heavy atom. The fourth-order valence-corrected chi connectivity index (χ4v) is 2.40. The average Bonchev–Trinajstić information content (AvgIpc) is 3.00. The lowest BCUT2D eigenvalue weighted by Crippen LogP contribution is -1.86. The molecule has 3 aromatic rings. The first-order valence-corrected chi connectivity index (χ1v) is 6.58. The van der Waals surface area contributed by atoms with Crippen LogP contribution in [0.2, 0.25) is 0 Å². The molecule has 0 radical (unpaired) electrons. The Labute approximate surface area is 114 Å². The Morgan fingerprint density at radius 2 is 2.11 bits per heavy atom. The van der Waals surface area contributed by atoms with Crippen LogP contribution in [0.1, 0.15) is 11.1 Å². The molecule has 0 spiro atoms. The first-order chi connectivity index (χ1) is 9.13. The van der Waals surface area contributed by atoms with Crippen LogP contribution < -0.4 is 5.73 Å². The van der Waals surface area contributed by atoms with Crippen LogP contribution in [0.5, 0.6) is 0 Å². The van der Waals surface area contributed by atoms with Crippen molar-refractivity contribution in [3.63, 3.8) is 0 Å². The maximum Gasteiger partial charge on any atom is 0.270 e. The van der Waals surface area contributed by atoms with E-state index in [0.717, 1.165) is 21.6 Å². The molecule has 96 valence electrons. The standard InChI is InChI=1S/C13H12N4OS/c1-7-3-4-8(2)9(5-7)11-16-12(18-17-11)10-6-15-13(14)19-10/h3-6H,1-2H3,(H2,14,15). The summed E-state index contributed by atoms with van der Waals surface area (Å²) in [5.41, 5.74) is 8.85. The topological polar surface area (TPSA) is 77.8 Å². The van der Waals surface area contributed by atoms with Crippen molar-refractivity contribution in [1.29, 1.82) is 0 Å². The molecule has 5 nitrogen and oxygen atoms in total. The summed E-state index contributed by atoms with van der Waals surface area (Å²) >= 11 is 1.33. The van der Waals surface area contributed by atoms with Crippen LogP contribution in [0.4, 0.5) is 5.13 Å². The van der Waals surface area contributed by atoms with E-state index in [2.05, 4.69) is 21.2 Å². The lowest BCUT2D eigenvalue weighted by Gasteiger charge is -2.01. The number of nitrogen functional groups attached to an aromatic ring is 1. The van der Waals surface area contributed by atoms with Gasteiger partial charge in [0, 0.05) is 5.56 Å². The van der Waals surface area contributed by atoms with Gasteiger partial charge in [0.1, 0.15) is 4.88 Å². The van der Waals surface area contributed by atoms with Crippen LogP contribution in [-0.4, -0.2) is 15.1 Å². The molecule has 0 bridgehead atoms. The normalized spacial score (nSPS) is 10.8. The highest BCUT2D eigenvalue weighted by Crippen LogP contribution is 2.29. The number of hydrogen-bond acceptors (Lipinski definition) is 6. The van der Waals surface area contributed by atoms with E-state index in [1.54, 1.807) is 6.20 Å². The summed E-state index contributed by atoms with van der Waals surface area (Å²) in [6.45, 7) is 4.06. The van der Waals surface area contributed by atoms with Crippen LogP contribution >= 0.6 is 11.3 Å². The van der Waals surface area contributed by atoms with Crippen molar-refractivity contribution < 1.29 is 4.52 Å². The maximum atomic E-state index is 5.60. The molecule has 0 amide bonds. The predicted octanol–water partition coefficient (Wildman–Crippen LogP) is 3.06. The van der Waals surface area contributed by atoms with Crippen molar-refractivity contribution in [1.82, 2.24) is 15.1 Å². The number of nitrogens with two attached hydrogens (primary N) is 1. The van der Waals surface area contributed by atoms with Gasteiger partial charge in [0.15, 0.2) is 5.13 Å². The molecule has 6 heteroatoms. The Morgan fingerprint density at radius 1 is 1.26 bits per heavy atom. The van der Waals surface area contributed by atoms with Gasteiger partial charge in [-0.2, -0.15) is 4.98 Å². The van der Waals surface area contributed by atoms with Gasteiger partial charge in [0.2, 0.25) is 5.82 Å². The number of aromatic nitrogens is 3. The molecule has 0 unspecified atom stereocenters. The van der Waals surface area contributed by atoms with E-state index in [1.807, 2.05) is 26.0 Å². The molecule has 0 saturated heterocycles. The highest BCUT2D eigenvalue weighted by atomic mass is 32.1. The summed E-state index contributed by atoms with van der Waals surface area (Å²) in [5, 5.41) is 4.51. The van der Waals surface area contributed by atoms with Gasteiger partial charge in [-0.05, 0) is 25.5 Å². The second-order valence-corrected chi connectivity index (χ2v) is 5.37. The quantitative estimate of drug-likeness (QED) is 0.775. The van der Waals surface area contributed by atoms with Gasteiger partial charge in [-0.1, -0.05) is 34.2 Å². The number of thiazole rings is 1. The van der Waals surface area contributed by atoms with E-state index >= 15 is 0 Å². The SMILES string of the molecule is Cc1ccc(C)c(-c2noc(-c3cnc(N)s3)n2)c1. The minimum atomic E-state index is 0.449. The van der Waals surface area contributed by atoms with Crippen LogP contribution in [-0.2, 0) is 0 Å². The number of anilines is 1. The van der Waals surface area contributed by atoms with Gasteiger partial charge in [-0.15, -0.1) is 0 Å². The van der Waals surface area contributed by atoms with Crippen LogP contribution in [0, 0.1) is 13.8 Å². The first-order valence-electron chi connectivity index (χ1n) is 5.76. The Balaban J connectivity index is 2.03. The van der Waals surface area contributed by atoms with E-state index in [0.29, 0.717) is 16.8 Å². The van der Waals surface area contributed by atoms with Crippen molar-refractivity contribution in [3.8, 4) is 22.2 Å².